The van der Waals surface area contributed by atoms with Crippen molar-refractivity contribution in [3.8, 4) is 0 Å². The van der Waals surface area contributed by atoms with E-state index in [1.165, 1.54) is 0 Å². The van der Waals surface area contributed by atoms with Crippen LogP contribution in [0, 0.1) is 11.8 Å². The van der Waals surface area contributed by atoms with E-state index in [9.17, 15) is 4.79 Å². The fraction of sp³-hybridized carbons (Fsp3) is 0.357. The maximum atomic E-state index is 12.0. The third-order valence-electron chi connectivity index (χ3n) is 3.05. The number of nitrogens with two attached hydrogens (primary N) is 1. The molecule has 0 radical (unpaired) electrons. The Balaban J connectivity index is 2.02. The van der Waals surface area contributed by atoms with Crippen molar-refractivity contribution in [3.05, 3.63) is 36.4 Å². The molecule has 1 aromatic rings. The van der Waals surface area contributed by atoms with E-state index in [-0.39, 0.29) is 11.8 Å². The number of anilines is 2. The fourth-order valence-electron chi connectivity index (χ4n) is 2.13. The fourth-order valence-corrected chi connectivity index (χ4v) is 2.13. The first-order chi connectivity index (χ1) is 8.15. The van der Waals surface area contributed by atoms with Crippen LogP contribution in [0.4, 0.5) is 11.4 Å². The highest BCUT2D eigenvalue weighted by atomic mass is 16.1. The molecule has 1 aromatic carbocycles. The monoisotopic (exact) mass is 230 g/mol. The summed E-state index contributed by atoms with van der Waals surface area (Å²) in [5.41, 5.74) is 7.10. The average Bonchev–Trinajstić information content (AvgIpc) is 2.29. The zero-order valence-electron chi connectivity index (χ0n) is 10.0. The van der Waals surface area contributed by atoms with Gasteiger partial charge in [0.15, 0.2) is 0 Å². The second-order valence-corrected chi connectivity index (χ2v) is 4.73. The van der Waals surface area contributed by atoms with Gasteiger partial charge in [0.05, 0.1) is 5.92 Å². The summed E-state index contributed by atoms with van der Waals surface area (Å²) < 4.78 is 0. The number of amides is 1. The molecule has 3 heteroatoms. The van der Waals surface area contributed by atoms with Gasteiger partial charge in [0.25, 0.3) is 0 Å². The number of hydrogen-bond acceptors (Lipinski definition) is 2. The van der Waals surface area contributed by atoms with Crippen molar-refractivity contribution in [2.45, 2.75) is 19.8 Å². The van der Waals surface area contributed by atoms with Crippen LogP contribution < -0.4 is 11.1 Å². The minimum Gasteiger partial charge on any atom is -0.399 e. The molecule has 2 unspecified atom stereocenters. The molecule has 0 heterocycles. The molecular weight excluding hydrogens is 212 g/mol. The SMILES string of the molecule is CC1CC=CC(C(=O)Nc2cccc(N)c2)C1. The van der Waals surface area contributed by atoms with E-state index in [1.807, 2.05) is 18.2 Å². The molecule has 2 rings (SSSR count). The predicted octanol–water partition coefficient (Wildman–Crippen LogP) is 2.81. The lowest BCUT2D eigenvalue weighted by Crippen LogP contribution is -2.24. The van der Waals surface area contributed by atoms with Crippen LogP contribution in [0.15, 0.2) is 36.4 Å². The van der Waals surface area contributed by atoms with Gasteiger partial charge in [-0.3, -0.25) is 4.79 Å². The van der Waals surface area contributed by atoms with Crippen LogP contribution >= 0.6 is 0 Å². The summed E-state index contributed by atoms with van der Waals surface area (Å²) in [6.07, 6.45) is 6.09. The molecule has 3 N–H and O–H groups in total. The molecule has 1 aliphatic rings. The van der Waals surface area contributed by atoms with Gasteiger partial charge in [-0.05, 0) is 37.0 Å². The van der Waals surface area contributed by atoms with Crippen molar-refractivity contribution in [1.82, 2.24) is 0 Å². The summed E-state index contributed by atoms with van der Waals surface area (Å²) in [7, 11) is 0. The molecule has 0 bridgehead atoms. The largest absolute Gasteiger partial charge is 0.399 e. The minimum absolute atomic E-state index is 0.0137. The molecule has 1 amide bonds. The molecule has 0 aliphatic heterocycles. The van der Waals surface area contributed by atoms with Crippen LogP contribution in [-0.4, -0.2) is 5.91 Å². The van der Waals surface area contributed by atoms with Crippen molar-refractivity contribution < 1.29 is 4.79 Å². The van der Waals surface area contributed by atoms with Crippen molar-refractivity contribution in [2.75, 3.05) is 11.1 Å². The zero-order valence-corrected chi connectivity index (χ0v) is 10.0. The highest BCUT2D eigenvalue weighted by molar-refractivity contribution is 5.94. The van der Waals surface area contributed by atoms with Gasteiger partial charge in [-0.25, -0.2) is 0 Å². The molecule has 0 saturated heterocycles. The maximum Gasteiger partial charge on any atom is 0.231 e. The molecule has 2 atom stereocenters. The Morgan fingerprint density at radius 2 is 2.29 bits per heavy atom. The topological polar surface area (TPSA) is 55.1 Å². The summed E-state index contributed by atoms with van der Waals surface area (Å²) >= 11 is 0. The molecule has 0 fully saturated rings. The van der Waals surface area contributed by atoms with E-state index in [1.54, 1.807) is 12.1 Å². The minimum atomic E-state index is -0.0137. The van der Waals surface area contributed by atoms with Gasteiger partial charge in [-0.15, -0.1) is 0 Å². The third-order valence-corrected chi connectivity index (χ3v) is 3.05. The quantitative estimate of drug-likeness (QED) is 0.606. The van der Waals surface area contributed by atoms with E-state index in [0.29, 0.717) is 11.6 Å². The van der Waals surface area contributed by atoms with E-state index >= 15 is 0 Å². The first kappa shape index (κ1) is 11.7. The van der Waals surface area contributed by atoms with Crippen LogP contribution in [0.25, 0.3) is 0 Å². The first-order valence-corrected chi connectivity index (χ1v) is 5.98. The molecule has 0 aromatic heterocycles. The Morgan fingerprint density at radius 1 is 1.47 bits per heavy atom. The lowest BCUT2D eigenvalue weighted by molar-refractivity contribution is -0.119. The summed E-state index contributed by atoms with van der Waals surface area (Å²) in [4.78, 5) is 12.0. The Bertz CT molecular complexity index is 440. The number of carbonyl (C=O) groups excluding carboxylic acids is 1. The molecule has 17 heavy (non-hydrogen) atoms. The normalized spacial score (nSPS) is 23.4. The summed E-state index contributed by atoms with van der Waals surface area (Å²) in [6, 6.07) is 7.26. The van der Waals surface area contributed by atoms with Gasteiger partial charge in [0.2, 0.25) is 5.91 Å². The molecule has 90 valence electrons. The number of nitrogen functional groups attached to an aromatic ring is 1. The number of rotatable bonds is 2. The molecule has 0 saturated carbocycles. The van der Waals surface area contributed by atoms with E-state index in [0.717, 1.165) is 18.5 Å². The maximum absolute atomic E-state index is 12.0. The second-order valence-electron chi connectivity index (χ2n) is 4.73. The first-order valence-electron chi connectivity index (χ1n) is 5.98. The molecular formula is C14H18N2O. The van der Waals surface area contributed by atoms with E-state index < -0.39 is 0 Å². The summed E-state index contributed by atoms with van der Waals surface area (Å²) in [5, 5.41) is 2.90. The Kier molecular flexibility index (Phi) is 3.47. The number of benzene rings is 1. The van der Waals surface area contributed by atoms with Crippen molar-refractivity contribution in [2.24, 2.45) is 11.8 Å². The smallest absolute Gasteiger partial charge is 0.231 e. The van der Waals surface area contributed by atoms with Gasteiger partial charge >= 0.3 is 0 Å². The van der Waals surface area contributed by atoms with Crippen LogP contribution in [0.5, 0.6) is 0 Å². The van der Waals surface area contributed by atoms with Crippen LogP contribution in [0.1, 0.15) is 19.8 Å². The second kappa shape index (κ2) is 5.04. The number of nitrogens with one attached hydrogen (secondary N) is 1. The third kappa shape index (κ3) is 3.09. The Labute approximate surface area is 102 Å². The molecule has 1 aliphatic carbocycles. The van der Waals surface area contributed by atoms with E-state index in [2.05, 4.69) is 18.3 Å². The van der Waals surface area contributed by atoms with Crippen LogP contribution in [-0.2, 0) is 4.79 Å². The van der Waals surface area contributed by atoms with Crippen molar-refractivity contribution in [1.29, 1.82) is 0 Å². The van der Waals surface area contributed by atoms with Gasteiger partial charge in [-0.2, -0.15) is 0 Å². The molecule has 0 spiro atoms. The average molecular weight is 230 g/mol. The summed E-state index contributed by atoms with van der Waals surface area (Å²) in [5.74, 6) is 0.621. The highest BCUT2D eigenvalue weighted by Gasteiger charge is 2.21. The number of carbonyl (C=O) groups is 1. The standard InChI is InChI=1S/C14H18N2O/c1-10-4-2-5-11(8-10)14(17)16-13-7-3-6-12(15)9-13/h2-3,5-7,9-11H,4,8,15H2,1H3,(H,16,17). The van der Waals surface area contributed by atoms with Crippen molar-refractivity contribution in [3.63, 3.8) is 0 Å². The zero-order chi connectivity index (χ0) is 12.3. The summed E-state index contributed by atoms with van der Waals surface area (Å²) in [6.45, 7) is 2.17. The van der Waals surface area contributed by atoms with Gasteiger partial charge < -0.3 is 11.1 Å². The van der Waals surface area contributed by atoms with Crippen LogP contribution in [0.2, 0.25) is 0 Å². The number of allylic oxidation sites excluding steroid dienone is 1. The number of hydrogen-bond donors (Lipinski definition) is 2. The van der Waals surface area contributed by atoms with Gasteiger partial charge in [0, 0.05) is 11.4 Å². The Morgan fingerprint density at radius 3 is 3.00 bits per heavy atom. The predicted molar refractivity (Wildman–Crippen MR) is 70.5 cm³/mol. The van der Waals surface area contributed by atoms with E-state index in [4.69, 9.17) is 5.73 Å². The lowest BCUT2D eigenvalue weighted by atomic mass is 9.87. The van der Waals surface area contributed by atoms with Crippen molar-refractivity contribution >= 4 is 17.3 Å². The highest BCUT2D eigenvalue weighted by Crippen LogP contribution is 2.24. The lowest BCUT2D eigenvalue weighted by Gasteiger charge is -2.21. The van der Waals surface area contributed by atoms with Gasteiger partial charge in [-0.1, -0.05) is 25.1 Å². The van der Waals surface area contributed by atoms with Crippen LogP contribution in [0.3, 0.4) is 0 Å². The Hall–Kier alpha value is -1.77. The molecule has 3 nitrogen and oxygen atoms in total. The van der Waals surface area contributed by atoms with Gasteiger partial charge in [0.1, 0.15) is 0 Å².